The lowest BCUT2D eigenvalue weighted by Gasteiger charge is -2.26. The summed E-state index contributed by atoms with van der Waals surface area (Å²) in [5.41, 5.74) is 0. The minimum atomic E-state index is 0.822. The van der Waals surface area contributed by atoms with E-state index >= 15 is 0 Å². The molecule has 2 rings (SSSR count). The fourth-order valence-corrected chi connectivity index (χ4v) is 3.64. The largest absolute Gasteiger partial charge is 0.311 e. The highest BCUT2D eigenvalue weighted by atomic mass is 15.0. The van der Waals surface area contributed by atoms with Crippen LogP contribution in [0.25, 0.3) is 0 Å². The van der Waals surface area contributed by atoms with Crippen LogP contribution in [0.2, 0.25) is 0 Å². The molecule has 2 fully saturated rings. The van der Waals surface area contributed by atoms with E-state index < -0.39 is 0 Å². The normalized spacial score (nSPS) is 40.9. The van der Waals surface area contributed by atoms with Crippen LogP contribution in [0, 0.1) is 11.8 Å². The maximum atomic E-state index is 3.97. The van der Waals surface area contributed by atoms with Gasteiger partial charge in [0.1, 0.15) is 0 Å². The Kier molecular flexibility index (Phi) is 4.69. The van der Waals surface area contributed by atoms with Gasteiger partial charge >= 0.3 is 0 Å². The Hall–Kier alpha value is -0.0400. The van der Waals surface area contributed by atoms with Crippen molar-refractivity contribution in [1.82, 2.24) is 5.32 Å². The van der Waals surface area contributed by atoms with Crippen molar-refractivity contribution in [3.05, 3.63) is 0 Å². The van der Waals surface area contributed by atoms with Crippen LogP contribution in [0.5, 0.6) is 0 Å². The molecule has 2 saturated carbocycles. The van der Waals surface area contributed by atoms with Crippen LogP contribution in [0.15, 0.2) is 0 Å². The molecule has 0 radical (unpaired) electrons. The van der Waals surface area contributed by atoms with Crippen molar-refractivity contribution in [1.29, 1.82) is 0 Å². The second-order valence-electron chi connectivity index (χ2n) is 6.17. The van der Waals surface area contributed by atoms with E-state index in [0.29, 0.717) is 0 Å². The minimum Gasteiger partial charge on any atom is -0.311 e. The van der Waals surface area contributed by atoms with Crippen LogP contribution >= 0.6 is 0 Å². The van der Waals surface area contributed by atoms with Gasteiger partial charge in [-0.25, -0.2) is 0 Å². The van der Waals surface area contributed by atoms with Gasteiger partial charge < -0.3 is 5.32 Å². The second-order valence-corrected chi connectivity index (χ2v) is 6.17. The van der Waals surface area contributed by atoms with Crippen molar-refractivity contribution in [2.45, 2.75) is 83.7 Å². The first-order chi connectivity index (χ1) is 7.79. The number of hydrogen-bond donors (Lipinski definition) is 1. The molecule has 16 heavy (non-hydrogen) atoms. The molecule has 1 heteroatoms. The molecule has 0 bridgehead atoms. The molecular weight excluding hydrogens is 194 g/mol. The zero-order chi connectivity index (χ0) is 11.4. The van der Waals surface area contributed by atoms with E-state index in [4.69, 9.17) is 0 Å². The molecule has 4 atom stereocenters. The van der Waals surface area contributed by atoms with E-state index in [0.717, 1.165) is 23.9 Å². The highest BCUT2D eigenvalue weighted by Gasteiger charge is 2.27. The Morgan fingerprint density at radius 1 is 1.00 bits per heavy atom. The maximum Gasteiger partial charge on any atom is 0.00952 e. The predicted octanol–water partition coefficient (Wildman–Crippen LogP) is 4.12. The van der Waals surface area contributed by atoms with Gasteiger partial charge in [0.05, 0.1) is 0 Å². The smallest absolute Gasteiger partial charge is 0.00952 e. The van der Waals surface area contributed by atoms with Crippen molar-refractivity contribution < 1.29 is 0 Å². The monoisotopic (exact) mass is 223 g/mol. The third-order valence-electron chi connectivity index (χ3n) is 4.93. The fraction of sp³-hybridized carbons (Fsp3) is 1.00. The molecule has 0 heterocycles. The number of rotatable bonds is 3. The van der Waals surface area contributed by atoms with Crippen molar-refractivity contribution in [2.75, 3.05) is 0 Å². The third-order valence-corrected chi connectivity index (χ3v) is 4.93. The van der Waals surface area contributed by atoms with Gasteiger partial charge in [-0.15, -0.1) is 0 Å². The van der Waals surface area contributed by atoms with E-state index in [9.17, 15) is 0 Å². The molecule has 0 aliphatic heterocycles. The van der Waals surface area contributed by atoms with Crippen molar-refractivity contribution in [3.8, 4) is 0 Å². The van der Waals surface area contributed by atoms with Crippen LogP contribution < -0.4 is 5.32 Å². The lowest BCUT2D eigenvalue weighted by molar-refractivity contribution is 0.316. The van der Waals surface area contributed by atoms with Crippen molar-refractivity contribution >= 4 is 0 Å². The topological polar surface area (TPSA) is 12.0 Å². The molecule has 0 aromatic rings. The van der Waals surface area contributed by atoms with Crippen LogP contribution in [0.3, 0.4) is 0 Å². The second kappa shape index (κ2) is 6.05. The molecule has 2 aliphatic rings. The molecule has 4 unspecified atom stereocenters. The Morgan fingerprint density at radius 3 is 2.56 bits per heavy atom. The van der Waals surface area contributed by atoms with Gasteiger partial charge in [0.15, 0.2) is 0 Å². The van der Waals surface area contributed by atoms with Crippen molar-refractivity contribution in [2.24, 2.45) is 11.8 Å². The summed E-state index contributed by atoms with van der Waals surface area (Å²) < 4.78 is 0. The molecule has 0 amide bonds. The molecule has 0 aromatic heterocycles. The van der Waals surface area contributed by atoms with Crippen LogP contribution in [-0.2, 0) is 0 Å². The maximum absolute atomic E-state index is 3.97. The molecule has 0 aromatic carbocycles. The van der Waals surface area contributed by atoms with E-state index in [2.05, 4.69) is 19.2 Å². The molecule has 0 saturated heterocycles. The van der Waals surface area contributed by atoms with Crippen LogP contribution in [0.4, 0.5) is 0 Å². The van der Waals surface area contributed by atoms with Gasteiger partial charge in [-0.1, -0.05) is 39.5 Å². The summed E-state index contributed by atoms with van der Waals surface area (Å²) in [7, 11) is 0. The summed E-state index contributed by atoms with van der Waals surface area (Å²) in [6.45, 7) is 4.80. The zero-order valence-corrected chi connectivity index (χ0v) is 11.2. The standard InChI is InChI=1S/C15H29N/c1-3-13-9-10-14(11-13)16-15-8-6-4-5-7-12(15)2/h12-16H,3-11H2,1-2H3. The Labute approximate surface area is 101 Å². The Morgan fingerprint density at radius 2 is 1.81 bits per heavy atom. The average Bonchev–Trinajstić information content (AvgIpc) is 2.65. The zero-order valence-electron chi connectivity index (χ0n) is 11.2. The SMILES string of the molecule is CCC1CCC(NC2CCCCCC2C)C1. The van der Waals surface area contributed by atoms with Crippen LogP contribution in [0.1, 0.15) is 71.6 Å². The highest BCUT2D eigenvalue weighted by molar-refractivity contribution is 4.85. The van der Waals surface area contributed by atoms with E-state index in [-0.39, 0.29) is 0 Å². The first-order valence-corrected chi connectivity index (χ1v) is 7.55. The van der Waals surface area contributed by atoms with E-state index in [1.807, 2.05) is 0 Å². The summed E-state index contributed by atoms with van der Waals surface area (Å²) in [6, 6.07) is 1.67. The van der Waals surface area contributed by atoms with Gasteiger partial charge in [0.2, 0.25) is 0 Å². The lowest BCUT2D eigenvalue weighted by atomic mass is 9.95. The molecular formula is C15H29N. The average molecular weight is 223 g/mol. The third kappa shape index (κ3) is 3.23. The summed E-state index contributed by atoms with van der Waals surface area (Å²) in [6.07, 6.45) is 13.0. The van der Waals surface area contributed by atoms with Gasteiger partial charge in [-0.3, -0.25) is 0 Å². The van der Waals surface area contributed by atoms with Crippen LogP contribution in [-0.4, -0.2) is 12.1 Å². The first kappa shape index (κ1) is 12.4. The van der Waals surface area contributed by atoms with E-state index in [1.165, 1.54) is 57.8 Å². The number of hydrogen-bond acceptors (Lipinski definition) is 1. The Bertz CT molecular complexity index is 202. The first-order valence-electron chi connectivity index (χ1n) is 7.55. The fourth-order valence-electron chi connectivity index (χ4n) is 3.64. The highest BCUT2D eigenvalue weighted by Crippen LogP contribution is 2.30. The molecule has 1 N–H and O–H groups in total. The summed E-state index contributed by atoms with van der Waals surface area (Å²) >= 11 is 0. The molecule has 0 spiro atoms. The number of nitrogens with one attached hydrogen (secondary N) is 1. The summed E-state index contributed by atoms with van der Waals surface area (Å²) in [4.78, 5) is 0. The molecule has 1 nitrogen and oxygen atoms in total. The van der Waals surface area contributed by atoms with Gasteiger partial charge in [-0.05, 0) is 43.9 Å². The lowest BCUT2D eigenvalue weighted by Crippen LogP contribution is -2.40. The van der Waals surface area contributed by atoms with Gasteiger partial charge in [0, 0.05) is 12.1 Å². The summed E-state index contributed by atoms with van der Waals surface area (Å²) in [5.74, 6) is 1.92. The van der Waals surface area contributed by atoms with Gasteiger partial charge in [0.25, 0.3) is 0 Å². The summed E-state index contributed by atoms with van der Waals surface area (Å²) in [5, 5.41) is 3.97. The minimum absolute atomic E-state index is 0.822. The predicted molar refractivity (Wildman–Crippen MR) is 70.6 cm³/mol. The van der Waals surface area contributed by atoms with Gasteiger partial charge in [-0.2, -0.15) is 0 Å². The molecule has 2 aliphatic carbocycles. The van der Waals surface area contributed by atoms with E-state index in [1.54, 1.807) is 0 Å². The quantitative estimate of drug-likeness (QED) is 0.710. The molecule has 94 valence electrons. The Balaban J connectivity index is 1.79. The van der Waals surface area contributed by atoms with Crippen molar-refractivity contribution in [3.63, 3.8) is 0 Å².